The summed E-state index contributed by atoms with van der Waals surface area (Å²) in [5.74, 6) is 1.04. The van der Waals surface area contributed by atoms with Crippen LogP contribution in [0.5, 0.6) is 5.75 Å². The first-order valence-electron chi connectivity index (χ1n) is 8.49. The van der Waals surface area contributed by atoms with E-state index >= 15 is 0 Å². The Hall–Kier alpha value is -1.76. The summed E-state index contributed by atoms with van der Waals surface area (Å²) in [5, 5.41) is 0. The quantitative estimate of drug-likeness (QED) is 0.685. The van der Waals surface area contributed by atoms with Crippen LogP contribution in [-0.4, -0.2) is 7.11 Å². The molecule has 0 aliphatic rings. The lowest BCUT2D eigenvalue weighted by molar-refractivity contribution is 0.395. The third-order valence-corrected chi connectivity index (χ3v) is 4.79. The number of rotatable bonds is 4. The molecule has 0 fully saturated rings. The highest BCUT2D eigenvalue weighted by Gasteiger charge is 2.30. The molecule has 0 saturated carbocycles. The van der Waals surface area contributed by atoms with Crippen LogP contribution in [0.2, 0.25) is 0 Å². The van der Waals surface area contributed by atoms with Crippen molar-refractivity contribution in [2.24, 2.45) is 0 Å². The Morgan fingerprint density at radius 2 is 1.48 bits per heavy atom. The zero-order chi connectivity index (χ0) is 17.3. The molecule has 0 unspecified atom stereocenters. The molecule has 2 aromatic rings. The fraction of sp³-hybridized carbons (Fsp3) is 0.455. The molecule has 0 amide bonds. The van der Waals surface area contributed by atoms with Crippen LogP contribution in [0.25, 0.3) is 0 Å². The van der Waals surface area contributed by atoms with Crippen molar-refractivity contribution in [2.45, 2.75) is 58.8 Å². The van der Waals surface area contributed by atoms with Crippen LogP contribution in [0.3, 0.4) is 0 Å². The topological polar surface area (TPSA) is 9.23 Å². The van der Waals surface area contributed by atoms with Gasteiger partial charge in [-0.3, -0.25) is 0 Å². The van der Waals surface area contributed by atoms with Gasteiger partial charge >= 0.3 is 0 Å². The molecule has 0 spiro atoms. The number of benzene rings is 2. The first kappa shape index (κ1) is 17.6. The highest BCUT2D eigenvalue weighted by atomic mass is 16.5. The van der Waals surface area contributed by atoms with Gasteiger partial charge in [-0.25, -0.2) is 0 Å². The predicted molar refractivity (Wildman–Crippen MR) is 99.6 cm³/mol. The van der Waals surface area contributed by atoms with Gasteiger partial charge < -0.3 is 4.74 Å². The lowest BCUT2D eigenvalue weighted by atomic mass is 9.74. The summed E-state index contributed by atoms with van der Waals surface area (Å²) in [7, 11) is 1.79. The number of hydrogen-bond donors (Lipinski definition) is 0. The van der Waals surface area contributed by atoms with Gasteiger partial charge in [0.2, 0.25) is 0 Å². The third-order valence-electron chi connectivity index (χ3n) is 4.79. The smallest absolute Gasteiger partial charge is 0.126 e. The van der Waals surface area contributed by atoms with Crippen molar-refractivity contribution in [1.29, 1.82) is 0 Å². The first-order chi connectivity index (χ1) is 10.7. The van der Waals surface area contributed by atoms with Crippen LogP contribution in [0.4, 0.5) is 0 Å². The van der Waals surface area contributed by atoms with Gasteiger partial charge in [0.15, 0.2) is 0 Å². The molecular weight excluding hydrogens is 280 g/mol. The molecule has 2 aromatic carbocycles. The van der Waals surface area contributed by atoms with E-state index in [2.05, 4.69) is 84.0 Å². The van der Waals surface area contributed by atoms with Crippen molar-refractivity contribution in [1.82, 2.24) is 0 Å². The normalized spacial score (nSPS) is 12.3. The lowest BCUT2D eigenvalue weighted by Gasteiger charge is -2.31. The van der Waals surface area contributed by atoms with Crippen LogP contribution in [0, 0.1) is 0 Å². The maximum atomic E-state index is 5.84. The zero-order valence-electron chi connectivity index (χ0n) is 15.7. The van der Waals surface area contributed by atoms with Crippen LogP contribution < -0.4 is 4.74 Å². The standard InChI is InChI=1S/C22H30O/c1-8-16-14-18(21(2,3)4)15-19(20(16)23-7)22(5,6)17-12-10-9-11-13-17/h9-15H,8H2,1-7H3. The van der Waals surface area contributed by atoms with E-state index in [0.717, 1.165) is 12.2 Å². The van der Waals surface area contributed by atoms with E-state index in [1.165, 1.54) is 22.3 Å². The molecule has 0 N–H and O–H groups in total. The van der Waals surface area contributed by atoms with Crippen molar-refractivity contribution >= 4 is 0 Å². The summed E-state index contributed by atoms with van der Waals surface area (Å²) in [6.45, 7) is 13.6. The van der Waals surface area contributed by atoms with Crippen molar-refractivity contribution in [3.63, 3.8) is 0 Å². The molecule has 0 aliphatic heterocycles. The highest BCUT2D eigenvalue weighted by Crippen LogP contribution is 2.41. The van der Waals surface area contributed by atoms with Gasteiger partial charge in [0.05, 0.1) is 7.11 Å². The van der Waals surface area contributed by atoms with Crippen LogP contribution in [-0.2, 0) is 17.3 Å². The van der Waals surface area contributed by atoms with E-state index in [9.17, 15) is 0 Å². The van der Waals surface area contributed by atoms with Gasteiger partial charge in [0.1, 0.15) is 5.75 Å². The molecule has 1 heteroatoms. The summed E-state index contributed by atoms with van der Waals surface area (Å²) >= 11 is 0. The lowest BCUT2D eigenvalue weighted by Crippen LogP contribution is -2.22. The Kier molecular flexibility index (Phi) is 4.89. The second-order valence-corrected chi connectivity index (χ2v) is 7.81. The van der Waals surface area contributed by atoms with E-state index in [4.69, 9.17) is 4.74 Å². The Balaban J connectivity index is 2.73. The molecule has 0 atom stereocenters. The molecule has 23 heavy (non-hydrogen) atoms. The van der Waals surface area contributed by atoms with E-state index < -0.39 is 0 Å². The maximum absolute atomic E-state index is 5.84. The molecule has 1 nitrogen and oxygen atoms in total. The van der Waals surface area contributed by atoms with E-state index in [0.29, 0.717) is 0 Å². The third kappa shape index (κ3) is 3.44. The number of hydrogen-bond acceptors (Lipinski definition) is 1. The SMILES string of the molecule is CCc1cc(C(C)(C)C)cc(C(C)(C)c2ccccc2)c1OC. The number of ether oxygens (including phenoxy) is 1. The molecule has 0 saturated heterocycles. The average Bonchev–Trinajstić information content (AvgIpc) is 2.53. The Labute approximate surface area is 141 Å². The van der Waals surface area contributed by atoms with E-state index in [1.54, 1.807) is 7.11 Å². The second-order valence-electron chi connectivity index (χ2n) is 7.81. The summed E-state index contributed by atoms with van der Waals surface area (Å²) in [5.41, 5.74) is 5.27. The number of aryl methyl sites for hydroxylation is 1. The van der Waals surface area contributed by atoms with Gasteiger partial charge in [-0.15, -0.1) is 0 Å². The molecule has 0 aliphatic carbocycles. The molecular formula is C22H30O. The van der Waals surface area contributed by atoms with Gasteiger partial charge in [0, 0.05) is 11.0 Å². The fourth-order valence-electron chi connectivity index (χ4n) is 3.10. The van der Waals surface area contributed by atoms with E-state index in [1.807, 2.05) is 0 Å². The average molecular weight is 310 g/mol. The Bertz CT molecular complexity index is 660. The van der Waals surface area contributed by atoms with E-state index in [-0.39, 0.29) is 10.8 Å². The van der Waals surface area contributed by atoms with Gasteiger partial charge in [-0.05, 0) is 28.5 Å². The molecule has 0 bridgehead atoms. The van der Waals surface area contributed by atoms with Gasteiger partial charge in [-0.2, -0.15) is 0 Å². The van der Waals surface area contributed by atoms with Crippen molar-refractivity contribution in [3.05, 3.63) is 64.7 Å². The van der Waals surface area contributed by atoms with Gasteiger partial charge in [0.25, 0.3) is 0 Å². The Morgan fingerprint density at radius 3 is 1.96 bits per heavy atom. The molecule has 2 rings (SSSR count). The summed E-state index contributed by atoms with van der Waals surface area (Å²) in [4.78, 5) is 0. The van der Waals surface area contributed by atoms with Crippen molar-refractivity contribution < 1.29 is 4.74 Å². The first-order valence-corrected chi connectivity index (χ1v) is 8.49. The minimum atomic E-state index is -0.0994. The highest BCUT2D eigenvalue weighted by molar-refractivity contribution is 5.53. The summed E-state index contributed by atoms with van der Waals surface area (Å²) in [6, 6.07) is 15.3. The van der Waals surface area contributed by atoms with Crippen LogP contribution in [0.15, 0.2) is 42.5 Å². The molecule has 0 radical (unpaired) electrons. The van der Waals surface area contributed by atoms with Gasteiger partial charge in [-0.1, -0.05) is 84.0 Å². The fourth-order valence-corrected chi connectivity index (χ4v) is 3.10. The minimum absolute atomic E-state index is 0.0994. The van der Waals surface area contributed by atoms with Crippen molar-refractivity contribution in [3.8, 4) is 5.75 Å². The van der Waals surface area contributed by atoms with Crippen molar-refractivity contribution in [2.75, 3.05) is 7.11 Å². The largest absolute Gasteiger partial charge is 0.496 e. The molecule has 0 aromatic heterocycles. The second kappa shape index (κ2) is 6.39. The maximum Gasteiger partial charge on any atom is 0.126 e. The molecule has 0 heterocycles. The zero-order valence-corrected chi connectivity index (χ0v) is 15.7. The molecule has 124 valence electrons. The predicted octanol–water partition coefficient (Wildman–Crippen LogP) is 5.88. The van der Waals surface area contributed by atoms with Crippen LogP contribution in [0.1, 0.15) is 63.8 Å². The minimum Gasteiger partial charge on any atom is -0.496 e. The summed E-state index contributed by atoms with van der Waals surface area (Å²) < 4.78 is 5.84. The monoisotopic (exact) mass is 310 g/mol. The summed E-state index contributed by atoms with van der Waals surface area (Å²) in [6.07, 6.45) is 0.977. The number of methoxy groups -OCH3 is 1. The Morgan fingerprint density at radius 1 is 0.870 bits per heavy atom. The van der Waals surface area contributed by atoms with Crippen LogP contribution >= 0.6 is 0 Å².